The van der Waals surface area contributed by atoms with Gasteiger partial charge in [-0.05, 0) is 57.7 Å². The van der Waals surface area contributed by atoms with Gasteiger partial charge in [0.2, 0.25) is 10.0 Å². The summed E-state index contributed by atoms with van der Waals surface area (Å²) in [7, 11) is -4.40. The minimum absolute atomic E-state index is 0.0224. The first kappa shape index (κ1) is 23.6. The molecule has 1 aliphatic rings. The van der Waals surface area contributed by atoms with Crippen molar-refractivity contribution < 1.29 is 36.6 Å². The normalized spacial score (nSPS) is 17.1. The number of carbonyl (C=O) groups excluding carboxylic acids is 1. The molecule has 1 unspecified atom stereocenters. The number of hydrogen-bond acceptors (Lipinski definition) is 5. The lowest BCUT2D eigenvalue weighted by molar-refractivity contribution is -0.132. The van der Waals surface area contributed by atoms with Crippen LogP contribution >= 0.6 is 0 Å². The molecule has 166 valence electrons. The smallest absolute Gasteiger partial charge is 0.407 e. The fraction of sp³-hybridized carbons (Fsp3) is 0.474. The SMILES string of the molecule is CC(C)(C)OC(=O)NCc1cc(F)c(NS(=O)(=O)C2CCCC=C2C(=O)O)c(F)c1. The van der Waals surface area contributed by atoms with Crippen LogP contribution in [0.3, 0.4) is 0 Å². The van der Waals surface area contributed by atoms with Gasteiger partial charge in [-0.25, -0.2) is 26.8 Å². The van der Waals surface area contributed by atoms with Crippen molar-refractivity contribution in [3.8, 4) is 0 Å². The Hall–Kier alpha value is -2.69. The van der Waals surface area contributed by atoms with Gasteiger partial charge in [-0.3, -0.25) is 4.72 Å². The predicted molar refractivity (Wildman–Crippen MR) is 105 cm³/mol. The second-order valence-electron chi connectivity index (χ2n) is 7.82. The molecule has 1 amide bonds. The van der Waals surface area contributed by atoms with E-state index in [2.05, 4.69) is 5.32 Å². The monoisotopic (exact) mass is 446 g/mol. The van der Waals surface area contributed by atoms with Crippen molar-refractivity contribution in [3.63, 3.8) is 0 Å². The van der Waals surface area contributed by atoms with Gasteiger partial charge in [0.25, 0.3) is 0 Å². The molecular formula is C19H24F2N2O6S. The van der Waals surface area contributed by atoms with Crippen molar-refractivity contribution >= 4 is 27.8 Å². The largest absolute Gasteiger partial charge is 0.478 e. The van der Waals surface area contributed by atoms with Crippen LogP contribution in [0.1, 0.15) is 45.6 Å². The van der Waals surface area contributed by atoms with Gasteiger partial charge in [-0.1, -0.05) is 6.08 Å². The molecule has 0 aromatic heterocycles. The van der Waals surface area contributed by atoms with Crippen LogP contribution < -0.4 is 10.0 Å². The number of amides is 1. The zero-order chi connectivity index (χ0) is 22.7. The second-order valence-corrected chi connectivity index (χ2v) is 9.68. The molecule has 8 nitrogen and oxygen atoms in total. The molecule has 0 bridgehead atoms. The van der Waals surface area contributed by atoms with E-state index in [4.69, 9.17) is 4.74 Å². The Balaban J connectivity index is 2.17. The summed E-state index contributed by atoms with van der Waals surface area (Å²) in [5.74, 6) is -3.79. The Labute approximate surface area is 173 Å². The van der Waals surface area contributed by atoms with Gasteiger partial charge in [-0.15, -0.1) is 0 Å². The maximum absolute atomic E-state index is 14.4. The Morgan fingerprint density at radius 3 is 2.37 bits per heavy atom. The van der Waals surface area contributed by atoms with Crippen molar-refractivity contribution in [1.82, 2.24) is 5.32 Å². The number of benzene rings is 1. The van der Waals surface area contributed by atoms with E-state index in [-0.39, 0.29) is 24.1 Å². The number of halogens is 2. The van der Waals surface area contributed by atoms with Crippen molar-refractivity contribution in [2.24, 2.45) is 0 Å². The molecule has 0 saturated heterocycles. The second kappa shape index (κ2) is 8.99. The molecule has 0 radical (unpaired) electrons. The quantitative estimate of drug-likeness (QED) is 0.616. The molecule has 30 heavy (non-hydrogen) atoms. The number of nitrogens with one attached hydrogen (secondary N) is 2. The number of carboxylic acids is 1. The van der Waals surface area contributed by atoms with Gasteiger partial charge in [0.15, 0.2) is 11.6 Å². The van der Waals surface area contributed by atoms with E-state index in [1.165, 1.54) is 6.08 Å². The minimum Gasteiger partial charge on any atom is -0.478 e. The van der Waals surface area contributed by atoms with E-state index >= 15 is 0 Å². The summed E-state index contributed by atoms with van der Waals surface area (Å²) in [6.45, 7) is 4.72. The van der Waals surface area contributed by atoms with E-state index in [0.717, 1.165) is 12.1 Å². The van der Waals surface area contributed by atoms with Crippen LogP contribution in [0.25, 0.3) is 0 Å². The summed E-state index contributed by atoms with van der Waals surface area (Å²) >= 11 is 0. The molecule has 0 saturated carbocycles. The third kappa shape index (κ3) is 6.15. The number of allylic oxidation sites excluding steroid dienone is 1. The number of rotatable bonds is 6. The number of alkyl carbamates (subject to hydrolysis) is 1. The van der Waals surface area contributed by atoms with Crippen molar-refractivity contribution in [1.29, 1.82) is 0 Å². The highest BCUT2D eigenvalue weighted by molar-refractivity contribution is 7.93. The molecule has 2 rings (SSSR count). The third-order valence-corrected chi connectivity index (χ3v) is 5.91. The molecule has 0 fully saturated rings. The number of sulfonamides is 1. The van der Waals surface area contributed by atoms with E-state index in [9.17, 15) is 31.9 Å². The van der Waals surface area contributed by atoms with Crippen LogP contribution in [0.5, 0.6) is 0 Å². The summed E-state index contributed by atoms with van der Waals surface area (Å²) in [4.78, 5) is 23.0. The number of anilines is 1. The lowest BCUT2D eigenvalue weighted by Crippen LogP contribution is -2.34. The average Bonchev–Trinajstić information content (AvgIpc) is 2.61. The highest BCUT2D eigenvalue weighted by Gasteiger charge is 2.35. The van der Waals surface area contributed by atoms with Crippen molar-refractivity contribution in [2.75, 3.05) is 4.72 Å². The lowest BCUT2D eigenvalue weighted by Gasteiger charge is -2.23. The molecule has 0 heterocycles. The van der Waals surface area contributed by atoms with E-state index in [0.29, 0.717) is 12.8 Å². The Kier molecular flexibility index (Phi) is 7.06. The van der Waals surface area contributed by atoms with Crippen molar-refractivity contribution in [3.05, 3.63) is 41.0 Å². The highest BCUT2D eigenvalue weighted by atomic mass is 32.2. The van der Waals surface area contributed by atoms with Gasteiger partial charge in [0.1, 0.15) is 16.5 Å². The van der Waals surface area contributed by atoms with E-state index in [1.807, 2.05) is 4.72 Å². The molecular weight excluding hydrogens is 422 g/mol. The van der Waals surface area contributed by atoms with Crippen LogP contribution in [-0.2, 0) is 26.1 Å². The zero-order valence-electron chi connectivity index (χ0n) is 16.8. The molecule has 1 atom stereocenters. The zero-order valence-corrected chi connectivity index (χ0v) is 17.6. The Morgan fingerprint density at radius 1 is 1.23 bits per heavy atom. The average molecular weight is 446 g/mol. The minimum atomic E-state index is -4.40. The predicted octanol–water partition coefficient (Wildman–Crippen LogP) is 3.29. The summed E-state index contributed by atoms with van der Waals surface area (Å²) in [5.41, 5.74) is -1.94. The molecule has 3 N–H and O–H groups in total. The number of aliphatic carboxylic acids is 1. The summed E-state index contributed by atoms with van der Waals surface area (Å²) in [6.07, 6.45) is 1.39. The van der Waals surface area contributed by atoms with Gasteiger partial charge in [0, 0.05) is 6.54 Å². The molecule has 0 spiro atoms. The molecule has 1 aromatic carbocycles. The molecule has 11 heteroatoms. The standard InChI is InChI=1S/C19H24F2N2O6S/c1-19(2,3)29-18(26)22-10-11-8-13(20)16(14(21)9-11)23-30(27,28)15-7-5-4-6-12(15)17(24)25/h6,8-9,15,23H,4-5,7,10H2,1-3H3,(H,22,26)(H,24,25). The summed E-state index contributed by atoms with van der Waals surface area (Å²) in [5, 5.41) is 10.1. The topological polar surface area (TPSA) is 122 Å². The van der Waals surface area contributed by atoms with Crippen LogP contribution in [0.15, 0.2) is 23.8 Å². The number of hydrogen-bond donors (Lipinski definition) is 3. The lowest BCUT2D eigenvalue weighted by atomic mass is 9.99. The number of carboxylic acid groups (broad SMARTS) is 1. The van der Waals surface area contributed by atoms with Gasteiger partial charge in [-0.2, -0.15) is 0 Å². The van der Waals surface area contributed by atoms with Gasteiger partial charge >= 0.3 is 12.1 Å². The maximum atomic E-state index is 14.4. The first-order valence-corrected chi connectivity index (χ1v) is 10.7. The number of ether oxygens (including phenoxy) is 1. The van der Waals surface area contributed by atoms with Gasteiger partial charge < -0.3 is 15.2 Å². The Morgan fingerprint density at radius 2 is 1.83 bits per heavy atom. The summed E-state index contributed by atoms with van der Waals surface area (Å²) in [6, 6.07) is 1.74. The number of carbonyl (C=O) groups is 2. The van der Waals surface area contributed by atoms with Crippen LogP contribution in [0, 0.1) is 11.6 Å². The summed E-state index contributed by atoms with van der Waals surface area (Å²) < 4.78 is 60.9. The first-order chi connectivity index (χ1) is 13.8. The van der Waals surface area contributed by atoms with Crippen LogP contribution in [0.4, 0.5) is 19.3 Å². The molecule has 1 aromatic rings. The van der Waals surface area contributed by atoms with Crippen molar-refractivity contribution in [2.45, 2.75) is 57.4 Å². The first-order valence-electron chi connectivity index (χ1n) is 9.20. The fourth-order valence-electron chi connectivity index (χ4n) is 2.92. The van der Waals surface area contributed by atoms with E-state index < -0.39 is 50.3 Å². The van der Waals surface area contributed by atoms with Gasteiger partial charge in [0.05, 0.1) is 5.57 Å². The van der Waals surface area contributed by atoms with Crippen LogP contribution in [-0.4, -0.2) is 36.4 Å². The molecule has 0 aliphatic heterocycles. The molecule has 1 aliphatic carbocycles. The Bertz CT molecular complexity index is 947. The highest BCUT2D eigenvalue weighted by Crippen LogP contribution is 2.29. The van der Waals surface area contributed by atoms with E-state index in [1.54, 1.807) is 20.8 Å². The van der Waals surface area contributed by atoms with Crippen LogP contribution in [0.2, 0.25) is 0 Å². The maximum Gasteiger partial charge on any atom is 0.407 e. The fourth-order valence-corrected chi connectivity index (χ4v) is 4.55. The third-order valence-electron chi connectivity index (χ3n) is 4.19.